The Kier molecular flexibility index (Phi) is 3.18. The van der Waals surface area contributed by atoms with Crippen LogP contribution >= 0.6 is 0 Å². The minimum atomic E-state index is -0.983. The summed E-state index contributed by atoms with van der Waals surface area (Å²) >= 11 is 0. The second-order valence-corrected chi connectivity index (χ2v) is 5.69. The summed E-state index contributed by atoms with van der Waals surface area (Å²) in [6, 6.07) is 11.6. The molecular formula is C17H18N2O2. The lowest BCUT2D eigenvalue weighted by molar-refractivity contribution is 0.0736. The average molecular weight is 282 g/mol. The van der Waals surface area contributed by atoms with Crippen molar-refractivity contribution in [3.05, 3.63) is 54.5 Å². The topological polar surface area (TPSA) is 47.3 Å². The first kappa shape index (κ1) is 13.6. The number of aromatic nitrogens is 2. The molecule has 2 aromatic heterocycles. The smallest absolute Gasteiger partial charge is 0.130 e. The minimum Gasteiger partial charge on any atom is -0.457 e. The van der Waals surface area contributed by atoms with Crippen molar-refractivity contribution < 1.29 is 9.84 Å². The van der Waals surface area contributed by atoms with Crippen molar-refractivity contribution in [1.29, 1.82) is 0 Å². The molecule has 0 fully saturated rings. The van der Waals surface area contributed by atoms with E-state index < -0.39 is 5.60 Å². The monoisotopic (exact) mass is 282 g/mol. The van der Waals surface area contributed by atoms with Gasteiger partial charge in [0, 0.05) is 36.4 Å². The molecule has 0 aliphatic carbocycles. The van der Waals surface area contributed by atoms with E-state index in [0.29, 0.717) is 11.4 Å². The maximum Gasteiger partial charge on any atom is 0.130 e. The zero-order chi connectivity index (χ0) is 15.0. The standard InChI is InChI=1S/C17H18N2O2/c1-17(2,20)16-11-14(6-8-18-16)21-13-4-5-15-12(10-13)7-9-19(15)3/h4-11,20H,1-3H3. The summed E-state index contributed by atoms with van der Waals surface area (Å²) in [6.45, 7) is 3.41. The van der Waals surface area contributed by atoms with E-state index in [-0.39, 0.29) is 0 Å². The van der Waals surface area contributed by atoms with Crippen LogP contribution in [0.2, 0.25) is 0 Å². The molecule has 3 aromatic rings. The zero-order valence-corrected chi connectivity index (χ0v) is 12.4. The maximum absolute atomic E-state index is 10.0. The van der Waals surface area contributed by atoms with Gasteiger partial charge in [0.2, 0.25) is 0 Å². The number of rotatable bonds is 3. The van der Waals surface area contributed by atoms with Gasteiger partial charge < -0.3 is 14.4 Å². The van der Waals surface area contributed by atoms with E-state index in [9.17, 15) is 5.11 Å². The number of hydrogen-bond acceptors (Lipinski definition) is 3. The Labute approximate surface area is 123 Å². The largest absolute Gasteiger partial charge is 0.457 e. The first-order chi connectivity index (χ1) is 9.93. The van der Waals surface area contributed by atoms with Crippen LogP contribution in [0.25, 0.3) is 10.9 Å². The van der Waals surface area contributed by atoms with Gasteiger partial charge in [-0.2, -0.15) is 0 Å². The Balaban J connectivity index is 1.91. The van der Waals surface area contributed by atoms with Gasteiger partial charge in [-0.1, -0.05) is 0 Å². The van der Waals surface area contributed by atoms with Crippen LogP contribution in [0.5, 0.6) is 11.5 Å². The molecule has 0 aliphatic rings. The van der Waals surface area contributed by atoms with Crippen LogP contribution in [0.4, 0.5) is 0 Å². The van der Waals surface area contributed by atoms with Gasteiger partial charge in [0.05, 0.1) is 5.69 Å². The minimum absolute atomic E-state index is 0.584. The molecule has 4 heteroatoms. The molecule has 21 heavy (non-hydrogen) atoms. The Hall–Kier alpha value is -2.33. The molecule has 0 aliphatic heterocycles. The van der Waals surface area contributed by atoms with Crippen LogP contribution in [-0.4, -0.2) is 14.7 Å². The molecule has 0 amide bonds. The van der Waals surface area contributed by atoms with Crippen LogP contribution in [-0.2, 0) is 12.6 Å². The summed E-state index contributed by atoms with van der Waals surface area (Å²) in [5.74, 6) is 1.43. The Morgan fingerprint density at radius 3 is 2.62 bits per heavy atom. The van der Waals surface area contributed by atoms with Crippen LogP contribution in [0.1, 0.15) is 19.5 Å². The third-order valence-electron chi connectivity index (χ3n) is 3.45. The van der Waals surface area contributed by atoms with Crippen molar-refractivity contribution >= 4 is 10.9 Å². The molecule has 3 rings (SSSR count). The Morgan fingerprint density at radius 1 is 1.10 bits per heavy atom. The van der Waals surface area contributed by atoms with E-state index in [1.165, 1.54) is 0 Å². The third kappa shape index (κ3) is 2.76. The Bertz CT molecular complexity index is 785. The fourth-order valence-corrected chi connectivity index (χ4v) is 2.27. The quantitative estimate of drug-likeness (QED) is 0.798. The van der Waals surface area contributed by atoms with Gasteiger partial charge in [-0.05, 0) is 44.2 Å². The molecule has 0 saturated heterocycles. The predicted octanol–water partition coefficient (Wildman–Crippen LogP) is 3.59. The maximum atomic E-state index is 10.0. The van der Waals surface area contributed by atoms with Crippen LogP contribution in [0, 0.1) is 0 Å². The number of fused-ring (bicyclic) bond motifs is 1. The lowest BCUT2D eigenvalue weighted by atomic mass is 10.1. The summed E-state index contributed by atoms with van der Waals surface area (Å²) in [5.41, 5.74) is 0.762. The SMILES string of the molecule is Cn1ccc2cc(Oc3ccnc(C(C)(C)O)c3)ccc21. The highest BCUT2D eigenvalue weighted by molar-refractivity contribution is 5.81. The lowest BCUT2D eigenvalue weighted by Gasteiger charge is -2.17. The zero-order valence-electron chi connectivity index (χ0n) is 12.4. The summed E-state index contributed by atoms with van der Waals surface area (Å²) in [7, 11) is 2.02. The highest BCUT2D eigenvalue weighted by Crippen LogP contribution is 2.28. The van der Waals surface area contributed by atoms with Gasteiger partial charge in [0.25, 0.3) is 0 Å². The molecule has 4 nitrogen and oxygen atoms in total. The second-order valence-electron chi connectivity index (χ2n) is 5.69. The average Bonchev–Trinajstić information content (AvgIpc) is 2.79. The molecule has 0 saturated carbocycles. The summed E-state index contributed by atoms with van der Waals surface area (Å²) < 4.78 is 7.94. The predicted molar refractivity (Wildman–Crippen MR) is 82.5 cm³/mol. The normalized spacial score (nSPS) is 11.8. The highest BCUT2D eigenvalue weighted by atomic mass is 16.5. The molecule has 0 unspecified atom stereocenters. The van der Waals surface area contributed by atoms with Gasteiger partial charge in [-0.15, -0.1) is 0 Å². The van der Waals surface area contributed by atoms with E-state index >= 15 is 0 Å². The van der Waals surface area contributed by atoms with Crippen molar-refractivity contribution in [2.75, 3.05) is 0 Å². The number of benzene rings is 1. The first-order valence-corrected chi connectivity index (χ1v) is 6.85. The summed E-state index contributed by atoms with van der Waals surface area (Å²) in [6.07, 6.45) is 3.66. The summed E-state index contributed by atoms with van der Waals surface area (Å²) in [4.78, 5) is 4.17. The van der Waals surface area contributed by atoms with E-state index in [0.717, 1.165) is 16.7 Å². The van der Waals surface area contributed by atoms with Crippen molar-refractivity contribution in [3.8, 4) is 11.5 Å². The van der Waals surface area contributed by atoms with Gasteiger partial charge in [0.15, 0.2) is 0 Å². The summed E-state index contributed by atoms with van der Waals surface area (Å²) in [5, 5.41) is 11.1. The van der Waals surface area contributed by atoms with Gasteiger partial charge >= 0.3 is 0 Å². The second kappa shape index (κ2) is 4.90. The fraction of sp³-hybridized carbons (Fsp3) is 0.235. The van der Waals surface area contributed by atoms with Crippen molar-refractivity contribution in [2.24, 2.45) is 7.05 Å². The van der Waals surface area contributed by atoms with Gasteiger partial charge in [0.1, 0.15) is 17.1 Å². The number of ether oxygens (including phenoxy) is 1. The molecule has 0 radical (unpaired) electrons. The molecule has 108 valence electrons. The lowest BCUT2D eigenvalue weighted by Crippen LogP contribution is -2.17. The molecule has 2 heterocycles. The van der Waals surface area contributed by atoms with E-state index in [1.807, 2.05) is 31.4 Å². The molecule has 0 spiro atoms. The van der Waals surface area contributed by atoms with Gasteiger partial charge in [-0.3, -0.25) is 4.98 Å². The van der Waals surface area contributed by atoms with E-state index in [4.69, 9.17) is 4.74 Å². The van der Waals surface area contributed by atoms with Crippen LogP contribution in [0.15, 0.2) is 48.8 Å². The number of pyridine rings is 1. The van der Waals surface area contributed by atoms with E-state index in [2.05, 4.69) is 15.6 Å². The van der Waals surface area contributed by atoms with E-state index in [1.54, 1.807) is 32.2 Å². The number of hydrogen-bond donors (Lipinski definition) is 1. The Morgan fingerprint density at radius 2 is 1.86 bits per heavy atom. The fourth-order valence-electron chi connectivity index (χ4n) is 2.27. The number of nitrogens with zero attached hydrogens (tertiary/aromatic N) is 2. The first-order valence-electron chi connectivity index (χ1n) is 6.85. The van der Waals surface area contributed by atoms with Crippen LogP contribution in [0.3, 0.4) is 0 Å². The number of aryl methyl sites for hydroxylation is 1. The van der Waals surface area contributed by atoms with Crippen molar-refractivity contribution in [1.82, 2.24) is 9.55 Å². The van der Waals surface area contributed by atoms with Crippen molar-refractivity contribution in [3.63, 3.8) is 0 Å². The van der Waals surface area contributed by atoms with Crippen LogP contribution < -0.4 is 4.74 Å². The molecule has 0 atom stereocenters. The molecule has 0 bridgehead atoms. The number of aliphatic hydroxyl groups is 1. The molecular weight excluding hydrogens is 264 g/mol. The molecule has 1 N–H and O–H groups in total. The third-order valence-corrected chi connectivity index (χ3v) is 3.45. The van der Waals surface area contributed by atoms with Gasteiger partial charge in [-0.25, -0.2) is 0 Å². The molecule has 1 aromatic carbocycles. The van der Waals surface area contributed by atoms with Crippen molar-refractivity contribution in [2.45, 2.75) is 19.4 Å². The highest BCUT2D eigenvalue weighted by Gasteiger charge is 2.18.